The van der Waals surface area contributed by atoms with E-state index in [0.29, 0.717) is 6.42 Å². The highest BCUT2D eigenvalue weighted by Crippen LogP contribution is 2.29. The maximum absolute atomic E-state index is 12.3. The van der Waals surface area contributed by atoms with E-state index in [1.165, 1.54) is 11.3 Å². The molecule has 1 amide bonds. The van der Waals surface area contributed by atoms with Crippen LogP contribution in [0, 0.1) is 5.92 Å². The number of aromatic nitrogens is 1. The van der Waals surface area contributed by atoms with Gasteiger partial charge in [-0.05, 0) is 41.5 Å². The zero-order valence-electron chi connectivity index (χ0n) is 14.8. The molecule has 2 aromatic heterocycles. The van der Waals surface area contributed by atoms with Gasteiger partial charge in [0.05, 0.1) is 22.0 Å². The number of carbonyl (C=O) groups is 2. The van der Waals surface area contributed by atoms with Crippen molar-refractivity contribution >= 4 is 38.3 Å². The van der Waals surface area contributed by atoms with Crippen molar-refractivity contribution in [2.75, 3.05) is 5.32 Å². The molecule has 1 saturated carbocycles. The zero-order chi connectivity index (χ0) is 18.6. The normalized spacial score (nSPS) is 13.9. The summed E-state index contributed by atoms with van der Waals surface area (Å²) in [7, 11) is 0. The molecule has 6 heteroatoms. The molecular formula is C21H20N2O3S. The number of anilines is 1. The highest BCUT2D eigenvalue weighted by atomic mass is 32.1. The summed E-state index contributed by atoms with van der Waals surface area (Å²) in [6, 6.07) is 11.5. The molecular weight excluding hydrogens is 360 g/mol. The van der Waals surface area contributed by atoms with Crippen LogP contribution in [0.3, 0.4) is 0 Å². The number of rotatable bonds is 6. The molecule has 2 heterocycles. The molecule has 0 aliphatic heterocycles. The maximum atomic E-state index is 12.3. The van der Waals surface area contributed by atoms with Gasteiger partial charge in [-0.2, -0.15) is 0 Å². The average molecular weight is 380 g/mol. The van der Waals surface area contributed by atoms with Gasteiger partial charge in [0.1, 0.15) is 6.61 Å². The minimum atomic E-state index is -0.0942. The minimum absolute atomic E-state index is 0.0568. The van der Waals surface area contributed by atoms with E-state index in [9.17, 15) is 9.59 Å². The molecule has 0 atom stereocenters. The Kier molecular flexibility index (Phi) is 5.16. The van der Waals surface area contributed by atoms with Crippen molar-refractivity contribution in [3.05, 3.63) is 59.9 Å². The summed E-state index contributed by atoms with van der Waals surface area (Å²) in [6.45, 7) is 0.289. The molecule has 5 nitrogen and oxygen atoms in total. The van der Waals surface area contributed by atoms with Gasteiger partial charge in [-0.1, -0.05) is 30.7 Å². The number of thiophene rings is 1. The fourth-order valence-electron chi connectivity index (χ4n) is 2.98. The first-order chi connectivity index (χ1) is 13.2. The summed E-state index contributed by atoms with van der Waals surface area (Å²) >= 11 is 1.51. The number of esters is 1. The molecule has 27 heavy (non-hydrogen) atoms. The van der Waals surface area contributed by atoms with E-state index < -0.39 is 0 Å². The molecule has 0 spiro atoms. The van der Waals surface area contributed by atoms with E-state index in [1.54, 1.807) is 12.4 Å². The molecule has 0 bridgehead atoms. The molecule has 3 aromatic rings. The maximum Gasteiger partial charge on any atom is 0.309 e. The minimum Gasteiger partial charge on any atom is -0.461 e. The summed E-state index contributed by atoms with van der Waals surface area (Å²) < 4.78 is 6.39. The standard InChI is InChI=1S/C21H20N2O3S/c24-19(23-20-11-17-8-9-22-12-18(17)27-20)10-14-4-6-15(7-5-14)13-26-21(25)16-2-1-3-16/h4-9,11-12,16H,1-3,10,13H2,(H,23,24). The summed E-state index contributed by atoms with van der Waals surface area (Å²) in [5.41, 5.74) is 1.85. The third-order valence-electron chi connectivity index (χ3n) is 4.79. The topological polar surface area (TPSA) is 68.3 Å². The number of nitrogens with zero attached hydrogens (tertiary/aromatic N) is 1. The third kappa shape index (κ3) is 4.34. The van der Waals surface area contributed by atoms with Crippen LogP contribution in [-0.2, 0) is 27.4 Å². The first-order valence-electron chi connectivity index (χ1n) is 9.05. The second-order valence-electron chi connectivity index (χ2n) is 6.80. The van der Waals surface area contributed by atoms with Crippen molar-refractivity contribution in [3.63, 3.8) is 0 Å². The second kappa shape index (κ2) is 7.88. The highest BCUT2D eigenvalue weighted by molar-refractivity contribution is 7.22. The molecule has 1 aliphatic rings. The van der Waals surface area contributed by atoms with Crippen LogP contribution >= 0.6 is 11.3 Å². The van der Waals surface area contributed by atoms with E-state index in [4.69, 9.17) is 4.74 Å². The molecule has 1 aliphatic carbocycles. The van der Waals surface area contributed by atoms with E-state index in [2.05, 4.69) is 10.3 Å². The Morgan fingerprint density at radius 3 is 2.63 bits per heavy atom. The zero-order valence-corrected chi connectivity index (χ0v) is 15.6. The van der Waals surface area contributed by atoms with Crippen LogP contribution in [0.15, 0.2) is 48.8 Å². The van der Waals surface area contributed by atoms with Gasteiger partial charge < -0.3 is 10.1 Å². The third-order valence-corrected chi connectivity index (χ3v) is 5.79. The fourth-order valence-corrected chi connectivity index (χ4v) is 3.93. The van der Waals surface area contributed by atoms with Crippen molar-refractivity contribution in [2.45, 2.75) is 32.3 Å². The molecule has 0 radical (unpaired) electrons. The van der Waals surface area contributed by atoms with Crippen LogP contribution in [0.2, 0.25) is 0 Å². The van der Waals surface area contributed by atoms with Gasteiger partial charge >= 0.3 is 5.97 Å². The van der Waals surface area contributed by atoms with Crippen molar-refractivity contribution in [2.24, 2.45) is 5.92 Å². The lowest BCUT2D eigenvalue weighted by Crippen LogP contribution is -2.23. The molecule has 1 N–H and O–H groups in total. The van der Waals surface area contributed by atoms with E-state index in [1.807, 2.05) is 36.4 Å². The Morgan fingerprint density at radius 1 is 1.15 bits per heavy atom. The Bertz CT molecular complexity index is 928. The number of carbonyl (C=O) groups excluding carboxylic acids is 2. The van der Waals surface area contributed by atoms with Gasteiger partial charge in [0.15, 0.2) is 0 Å². The molecule has 0 unspecified atom stereocenters. The summed E-state index contributed by atoms with van der Waals surface area (Å²) in [6.07, 6.45) is 6.85. The first kappa shape index (κ1) is 17.7. The Morgan fingerprint density at radius 2 is 1.93 bits per heavy atom. The van der Waals surface area contributed by atoms with Crippen LogP contribution in [-0.4, -0.2) is 16.9 Å². The predicted octanol–water partition coefficient (Wildman–Crippen LogP) is 4.32. The van der Waals surface area contributed by atoms with E-state index in [-0.39, 0.29) is 24.4 Å². The average Bonchev–Trinajstić information content (AvgIpc) is 3.01. The summed E-state index contributed by atoms with van der Waals surface area (Å²) in [5, 5.41) is 4.84. The number of pyridine rings is 1. The largest absolute Gasteiger partial charge is 0.461 e. The summed E-state index contributed by atoms with van der Waals surface area (Å²) in [4.78, 5) is 28.1. The number of nitrogens with one attached hydrogen (secondary N) is 1. The van der Waals surface area contributed by atoms with Crippen molar-refractivity contribution in [1.82, 2.24) is 4.98 Å². The van der Waals surface area contributed by atoms with Crippen LogP contribution in [0.4, 0.5) is 5.00 Å². The molecule has 138 valence electrons. The van der Waals surface area contributed by atoms with Gasteiger partial charge in [-0.15, -0.1) is 11.3 Å². The fraction of sp³-hybridized carbons (Fsp3) is 0.286. The van der Waals surface area contributed by atoms with Crippen LogP contribution in [0.25, 0.3) is 10.1 Å². The van der Waals surface area contributed by atoms with Gasteiger partial charge in [-0.3, -0.25) is 14.6 Å². The van der Waals surface area contributed by atoms with Crippen LogP contribution in [0.1, 0.15) is 30.4 Å². The number of hydrogen-bond acceptors (Lipinski definition) is 5. The summed E-state index contributed by atoms with van der Waals surface area (Å²) in [5.74, 6) is -0.0560. The highest BCUT2D eigenvalue weighted by Gasteiger charge is 2.26. The lowest BCUT2D eigenvalue weighted by atomic mass is 9.86. The second-order valence-corrected chi connectivity index (χ2v) is 7.88. The molecule has 1 aromatic carbocycles. The lowest BCUT2D eigenvalue weighted by molar-refractivity contribution is -0.152. The lowest BCUT2D eigenvalue weighted by Gasteiger charge is -2.23. The molecule has 1 fully saturated rings. The number of fused-ring (bicyclic) bond motifs is 1. The first-order valence-corrected chi connectivity index (χ1v) is 9.87. The van der Waals surface area contributed by atoms with Crippen LogP contribution in [0.5, 0.6) is 0 Å². The monoisotopic (exact) mass is 380 g/mol. The Balaban J connectivity index is 1.29. The van der Waals surface area contributed by atoms with Crippen molar-refractivity contribution in [3.8, 4) is 0 Å². The van der Waals surface area contributed by atoms with Crippen molar-refractivity contribution < 1.29 is 14.3 Å². The Hall–Kier alpha value is -2.73. The number of ether oxygens (including phenoxy) is 1. The number of hydrogen-bond donors (Lipinski definition) is 1. The van der Waals surface area contributed by atoms with Gasteiger partial charge in [0, 0.05) is 12.4 Å². The van der Waals surface area contributed by atoms with Crippen molar-refractivity contribution in [1.29, 1.82) is 0 Å². The SMILES string of the molecule is O=C(Cc1ccc(COC(=O)C2CCC2)cc1)Nc1cc2ccncc2s1. The quantitative estimate of drug-likeness (QED) is 0.647. The number of benzene rings is 1. The van der Waals surface area contributed by atoms with Crippen LogP contribution < -0.4 is 5.32 Å². The smallest absolute Gasteiger partial charge is 0.309 e. The van der Waals surface area contributed by atoms with E-state index >= 15 is 0 Å². The van der Waals surface area contributed by atoms with Gasteiger partial charge in [0.2, 0.25) is 5.91 Å². The molecule has 0 saturated heterocycles. The Labute approximate surface area is 161 Å². The van der Waals surface area contributed by atoms with Gasteiger partial charge in [-0.25, -0.2) is 0 Å². The predicted molar refractivity (Wildman–Crippen MR) is 106 cm³/mol. The van der Waals surface area contributed by atoms with Gasteiger partial charge in [0.25, 0.3) is 0 Å². The molecule has 4 rings (SSSR count). The number of amides is 1. The van der Waals surface area contributed by atoms with E-state index in [0.717, 1.165) is 45.5 Å².